The number of carbonyl (C=O) groups excluding carboxylic acids is 1. The van der Waals surface area contributed by atoms with Crippen molar-refractivity contribution in [3.8, 4) is 0 Å². The maximum atomic E-state index is 11.3. The van der Waals surface area contributed by atoms with Crippen molar-refractivity contribution in [1.29, 1.82) is 0 Å². The van der Waals surface area contributed by atoms with Crippen LogP contribution in [0.15, 0.2) is 0 Å². The van der Waals surface area contributed by atoms with Gasteiger partial charge in [-0.3, -0.25) is 0 Å². The first-order chi connectivity index (χ1) is 7.73. The van der Waals surface area contributed by atoms with Gasteiger partial charge in [-0.05, 0) is 33.6 Å². The second kappa shape index (κ2) is 7.46. The molecule has 7 nitrogen and oxygen atoms in total. The van der Waals surface area contributed by atoms with Crippen LogP contribution in [0.1, 0.15) is 33.6 Å². The van der Waals surface area contributed by atoms with E-state index in [-0.39, 0.29) is 18.7 Å². The summed E-state index contributed by atoms with van der Waals surface area (Å²) in [4.78, 5) is 11.0. The summed E-state index contributed by atoms with van der Waals surface area (Å²) in [5.74, 6) is 0. The van der Waals surface area contributed by atoms with E-state index < -0.39 is 16.3 Å². The van der Waals surface area contributed by atoms with E-state index in [1.807, 2.05) is 6.92 Å². The largest absolute Gasteiger partial charge is 0.446 e. The zero-order valence-electron chi connectivity index (χ0n) is 10.4. The zero-order chi connectivity index (χ0) is 13.5. The molecule has 0 aliphatic rings. The number of carbonyl (C=O) groups is 1. The van der Waals surface area contributed by atoms with Crippen LogP contribution in [0.4, 0.5) is 4.79 Å². The molecular weight excluding hydrogens is 246 g/mol. The number of hydrogen-bond donors (Lipinski definition) is 3. The summed E-state index contributed by atoms with van der Waals surface area (Å²) < 4.78 is 31.2. The Morgan fingerprint density at radius 3 is 2.41 bits per heavy atom. The first kappa shape index (κ1) is 16.1. The summed E-state index contributed by atoms with van der Waals surface area (Å²) in [5.41, 5.74) is 5.51. The monoisotopic (exact) mass is 267 g/mol. The normalized spacial score (nSPS) is 13.5. The molecule has 0 aromatic rings. The van der Waals surface area contributed by atoms with Gasteiger partial charge in [-0.25, -0.2) is 9.52 Å². The molecule has 0 heterocycles. The summed E-state index contributed by atoms with van der Waals surface area (Å²) >= 11 is 0. The van der Waals surface area contributed by atoms with Crippen LogP contribution in [0.5, 0.6) is 0 Å². The molecule has 102 valence electrons. The number of amides is 1. The van der Waals surface area contributed by atoms with Crippen molar-refractivity contribution >= 4 is 16.3 Å². The van der Waals surface area contributed by atoms with E-state index in [2.05, 4.69) is 9.46 Å². The highest BCUT2D eigenvalue weighted by Crippen LogP contribution is 1.93. The van der Waals surface area contributed by atoms with Crippen LogP contribution >= 0.6 is 0 Å². The minimum atomic E-state index is -3.84. The van der Waals surface area contributed by atoms with Crippen LogP contribution in [-0.2, 0) is 14.9 Å². The Labute approximate surface area is 102 Å². The molecule has 17 heavy (non-hydrogen) atoms. The average Bonchev–Trinajstić information content (AvgIpc) is 2.09. The van der Waals surface area contributed by atoms with Gasteiger partial charge in [-0.15, -0.1) is 0 Å². The van der Waals surface area contributed by atoms with E-state index in [0.29, 0.717) is 12.8 Å². The van der Waals surface area contributed by atoms with Gasteiger partial charge < -0.3 is 10.5 Å². The van der Waals surface area contributed by atoms with Crippen LogP contribution in [0.3, 0.4) is 0 Å². The van der Waals surface area contributed by atoms with Crippen LogP contribution in [0.25, 0.3) is 0 Å². The van der Waals surface area contributed by atoms with Gasteiger partial charge in [0.15, 0.2) is 0 Å². The lowest BCUT2D eigenvalue weighted by Gasteiger charge is -2.11. The molecule has 8 heteroatoms. The van der Waals surface area contributed by atoms with Crippen molar-refractivity contribution in [3.63, 3.8) is 0 Å². The van der Waals surface area contributed by atoms with Crippen LogP contribution in [0.2, 0.25) is 0 Å². The maximum Gasteiger partial charge on any atom is 0.422 e. The minimum absolute atomic E-state index is 0.0263. The third-order valence-electron chi connectivity index (χ3n) is 1.69. The van der Waals surface area contributed by atoms with Gasteiger partial charge in [-0.2, -0.15) is 13.1 Å². The van der Waals surface area contributed by atoms with E-state index in [1.165, 1.54) is 0 Å². The molecule has 0 fully saturated rings. The number of nitrogens with two attached hydrogens (primary N) is 1. The minimum Gasteiger partial charge on any atom is -0.446 e. The topological polar surface area (TPSA) is 111 Å². The van der Waals surface area contributed by atoms with Crippen LogP contribution in [-0.4, -0.2) is 33.2 Å². The summed E-state index contributed by atoms with van der Waals surface area (Å²) in [5, 5.41) is 0. The lowest BCUT2D eigenvalue weighted by atomic mass is 10.2. The summed E-state index contributed by atoms with van der Waals surface area (Å²) in [6.45, 7) is 5.32. The zero-order valence-corrected chi connectivity index (χ0v) is 11.2. The summed E-state index contributed by atoms with van der Waals surface area (Å²) in [6.07, 6.45) is -0.0421. The fourth-order valence-corrected chi connectivity index (χ4v) is 1.77. The van der Waals surface area contributed by atoms with Crippen molar-refractivity contribution in [1.82, 2.24) is 9.44 Å². The molecule has 0 saturated carbocycles. The smallest absolute Gasteiger partial charge is 0.422 e. The van der Waals surface area contributed by atoms with Crippen LogP contribution < -0.4 is 15.2 Å². The van der Waals surface area contributed by atoms with Gasteiger partial charge in [0.25, 0.3) is 0 Å². The Morgan fingerprint density at radius 1 is 1.35 bits per heavy atom. The number of rotatable bonds is 7. The first-order valence-corrected chi connectivity index (χ1v) is 6.95. The third-order valence-corrected chi connectivity index (χ3v) is 2.71. The lowest BCUT2D eigenvalue weighted by Crippen LogP contribution is -2.41. The highest BCUT2D eigenvalue weighted by atomic mass is 32.2. The second-order valence-corrected chi connectivity index (χ2v) is 5.57. The molecule has 0 radical (unpaired) electrons. The van der Waals surface area contributed by atoms with E-state index in [1.54, 1.807) is 18.6 Å². The Hall–Kier alpha value is -0.860. The summed E-state index contributed by atoms with van der Waals surface area (Å²) in [7, 11) is -3.84. The predicted octanol–water partition coefficient (Wildman–Crippen LogP) is 0.0828. The van der Waals surface area contributed by atoms with Gasteiger partial charge in [0.2, 0.25) is 0 Å². The SMILES string of the molecule is CC(N)CCCNS(=O)(=O)NC(=O)OC(C)C. The van der Waals surface area contributed by atoms with Crippen molar-refractivity contribution in [2.45, 2.75) is 45.8 Å². The molecule has 0 saturated heterocycles. The standard InChI is InChI=1S/C9H21N3O4S/c1-7(2)16-9(13)12-17(14,15)11-6-4-5-8(3)10/h7-8,11H,4-6,10H2,1-3H3,(H,12,13). The molecule has 1 amide bonds. The molecule has 0 aliphatic carbocycles. The molecule has 0 bridgehead atoms. The Kier molecular flexibility index (Phi) is 7.09. The van der Waals surface area contributed by atoms with Crippen molar-refractivity contribution in [2.24, 2.45) is 5.73 Å². The maximum absolute atomic E-state index is 11.3. The molecule has 0 rings (SSSR count). The Balaban J connectivity index is 3.92. The first-order valence-electron chi connectivity index (χ1n) is 5.46. The van der Waals surface area contributed by atoms with E-state index in [0.717, 1.165) is 0 Å². The predicted molar refractivity (Wildman–Crippen MR) is 64.6 cm³/mol. The summed E-state index contributed by atoms with van der Waals surface area (Å²) in [6, 6.07) is 0.0263. The van der Waals surface area contributed by atoms with Gasteiger partial charge in [0, 0.05) is 12.6 Å². The molecule has 1 atom stereocenters. The fourth-order valence-electron chi connectivity index (χ4n) is 1.01. The van der Waals surface area contributed by atoms with E-state index in [4.69, 9.17) is 5.73 Å². The highest BCUT2D eigenvalue weighted by molar-refractivity contribution is 7.88. The molecule has 0 aromatic carbocycles. The Morgan fingerprint density at radius 2 is 1.94 bits per heavy atom. The third kappa shape index (κ3) is 10.0. The van der Waals surface area contributed by atoms with Crippen molar-refractivity contribution in [2.75, 3.05) is 6.54 Å². The lowest BCUT2D eigenvalue weighted by molar-refractivity contribution is 0.121. The fraction of sp³-hybridized carbons (Fsp3) is 0.889. The molecule has 0 aromatic heterocycles. The number of ether oxygens (including phenoxy) is 1. The Bertz CT molecular complexity index is 327. The molecule has 1 unspecified atom stereocenters. The molecular formula is C9H21N3O4S. The van der Waals surface area contributed by atoms with Gasteiger partial charge >= 0.3 is 16.3 Å². The van der Waals surface area contributed by atoms with Gasteiger partial charge in [0.1, 0.15) is 0 Å². The highest BCUT2D eigenvalue weighted by Gasteiger charge is 2.15. The second-order valence-electron chi connectivity index (χ2n) is 4.07. The average molecular weight is 267 g/mol. The molecule has 0 aliphatic heterocycles. The van der Waals surface area contributed by atoms with Gasteiger partial charge in [-0.1, -0.05) is 0 Å². The van der Waals surface area contributed by atoms with Crippen molar-refractivity contribution < 1.29 is 17.9 Å². The quantitative estimate of drug-likeness (QED) is 0.566. The number of hydrogen-bond acceptors (Lipinski definition) is 5. The van der Waals surface area contributed by atoms with Crippen LogP contribution in [0, 0.1) is 0 Å². The van der Waals surface area contributed by atoms with E-state index >= 15 is 0 Å². The van der Waals surface area contributed by atoms with Crippen molar-refractivity contribution in [3.05, 3.63) is 0 Å². The molecule has 4 N–H and O–H groups in total. The van der Waals surface area contributed by atoms with Gasteiger partial charge in [0.05, 0.1) is 6.10 Å². The number of nitrogens with one attached hydrogen (secondary N) is 2. The molecule has 0 spiro atoms. The van der Waals surface area contributed by atoms with E-state index in [9.17, 15) is 13.2 Å².